The van der Waals surface area contributed by atoms with Gasteiger partial charge in [0.2, 0.25) is 0 Å². The van der Waals surface area contributed by atoms with Crippen LogP contribution in [-0.4, -0.2) is 18.9 Å². The number of nitrogens with zero attached hydrogens (tertiary/aromatic N) is 1. The van der Waals surface area contributed by atoms with Crippen LogP contribution in [0, 0.1) is 19.7 Å². The number of imide groups is 1. The van der Waals surface area contributed by atoms with Crippen molar-refractivity contribution >= 4 is 28.8 Å². The van der Waals surface area contributed by atoms with Gasteiger partial charge in [-0.2, -0.15) is 0 Å². The van der Waals surface area contributed by atoms with Gasteiger partial charge < -0.3 is 10.1 Å². The summed E-state index contributed by atoms with van der Waals surface area (Å²) in [6.07, 6.45) is 0. The van der Waals surface area contributed by atoms with Crippen LogP contribution in [0.15, 0.2) is 72.4 Å². The van der Waals surface area contributed by atoms with Gasteiger partial charge in [0.1, 0.15) is 17.3 Å². The lowest BCUT2D eigenvalue weighted by molar-refractivity contribution is -0.120. The predicted molar refractivity (Wildman–Crippen MR) is 118 cm³/mol. The van der Waals surface area contributed by atoms with Gasteiger partial charge in [-0.3, -0.25) is 9.59 Å². The first-order valence-electron chi connectivity index (χ1n) is 9.76. The zero-order valence-corrected chi connectivity index (χ0v) is 17.4. The first kappa shape index (κ1) is 20.3. The summed E-state index contributed by atoms with van der Waals surface area (Å²) in [4.78, 5) is 27.9. The normalized spacial score (nSPS) is 13.7. The average Bonchev–Trinajstić information content (AvgIpc) is 2.97. The fourth-order valence-corrected chi connectivity index (χ4v) is 3.71. The first-order valence-corrected chi connectivity index (χ1v) is 9.76. The molecule has 0 saturated heterocycles. The highest BCUT2D eigenvalue weighted by Crippen LogP contribution is 2.35. The van der Waals surface area contributed by atoms with Crippen molar-refractivity contribution in [2.24, 2.45) is 0 Å². The number of halogens is 1. The lowest BCUT2D eigenvalue weighted by Crippen LogP contribution is -2.32. The largest absolute Gasteiger partial charge is 0.497 e. The molecule has 4 rings (SSSR count). The van der Waals surface area contributed by atoms with Crippen LogP contribution in [-0.2, 0) is 9.59 Å². The molecule has 0 fully saturated rings. The number of benzene rings is 3. The summed E-state index contributed by atoms with van der Waals surface area (Å²) < 4.78 is 18.7. The van der Waals surface area contributed by atoms with E-state index in [1.165, 1.54) is 31.4 Å². The second-order valence-electron chi connectivity index (χ2n) is 7.41. The van der Waals surface area contributed by atoms with Crippen LogP contribution in [0.4, 0.5) is 15.8 Å². The molecule has 0 aliphatic carbocycles. The number of ether oxygens (including phenoxy) is 1. The summed E-state index contributed by atoms with van der Waals surface area (Å²) in [6.45, 7) is 3.91. The molecule has 6 heteroatoms. The molecule has 0 unspecified atom stereocenters. The Morgan fingerprint density at radius 2 is 1.55 bits per heavy atom. The molecule has 1 heterocycles. The van der Waals surface area contributed by atoms with Crippen molar-refractivity contribution in [2.75, 3.05) is 17.3 Å². The topological polar surface area (TPSA) is 58.6 Å². The van der Waals surface area contributed by atoms with Gasteiger partial charge >= 0.3 is 0 Å². The van der Waals surface area contributed by atoms with E-state index < -0.39 is 17.6 Å². The molecule has 2 amide bonds. The highest BCUT2D eigenvalue weighted by molar-refractivity contribution is 6.46. The Bertz CT molecular complexity index is 1200. The zero-order chi connectivity index (χ0) is 22.1. The zero-order valence-electron chi connectivity index (χ0n) is 17.4. The van der Waals surface area contributed by atoms with Crippen LogP contribution in [0.3, 0.4) is 0 Å². The Labute approximate surface area is 179 Å². The number of hydrogen-bond acceptors (Lipinski definition) is 4. The second-order valence-corrected chi connectivity index (χ2v) is 7.41. The van der Waals surface area contributed by atoms with Gasteiger partial charge in [-0.15, -0.1) is 0 Å². The molecule has 156 valence electrons. The van der Waals surface area contributed by atoms with Gasteiger partial charge in [0.05, 0.1) is 18.4 Å². The highest BCUT2D eigenvalue weighted by Gasteiger charge is 2.40. The molecule has 0 spiro atoms. The van der Waals surface area contributed by atoms with E-state index in [0.717, 1.165) is 16.0 Å². The predicted octanol–water partition coefficient (Wildman–Crippen LogP) is 4.85. The number of anilines is 2. The fraction of sp³-hybridized carbons (Fsp3) is 0.120. The molecule has 1 aliphatic heterocycles. The SMILES string of the molecule is COc1cccc(N2C(=O)C(Nc3cc(C)cc(C)c3)=C(c3ccc(F)cc3)C2=O)c1. The van der Waals surface area contributed by atoms with Crippen molar-refractivity contribution in [1.29, 1.82) is 0 Å². The Kier molecular flexibility index (Phi) is 5.29. The smallest absolute Gasteiger partial charge is 0.282 e. The average molecular weight is 416 g/mol. The van der Waals surface area contributed by atoms with Crippen molar-refractivity contribution < 1.29 is 18.7 Å². The van der Waals surface area contributed by atoms with Crippen molar-refractivity contribution in [2.45, 2.75) is 13.8 Å². The maximum Gasteiger partial charge on any atom is 0.282 e. The Morgan fingerprint density at radius 3 is 2.19 bits per heavy atom. The number of carbonyl (C=O) groups excluding carboxylic acids is 2. The molecule has 0 saturated carbocycles. The van der Waals surface area contributed by atoms with Crippen LogP contribution >= 0.6 is 0 Å². The molecule has 3 aromatic carbocycles. The maximum atomic E-state index is 13.5. The van der Waals surface area contributed by atoms with E-state index in [2.05, 4.69) is 5.32 Å². The molecule has 0 bridgehead atoms. The van der Waals surface area contributed by atoms with Gasteiger partial charge in [-0.25, -0.2) is 9.29 Å². The number of rotatable bonds is 5. The second kappa shape index (κ2) is 8.07. The molecule has 5 nitrogen and oxygen atoms in total. The van der Waals surface area contributed by atoms with Crippen LogP contribution in [0.1, 0.15) is 16.7 Å². The van der Waals surface area contributed by atoms with Gasteiger partial charge in [-0.1, -0.05) is 24.3 Å². The van der Waals surface area contributed by atoms with E-state index in [1.807, 2.05) is 32.0 Å². The van der Waals surface area contributed by atoms with Crippen molar-refractivity contribution in [3.8, 4) is 5.75 Å². The van der Waals surface area contributed by atoms with E-state index >= 15 is 0 Å². The van der Waals surface area contributed by atoms with E-state index in [4.69, 9.17) is 4.74 Å². The Balaban J connectivity index is 1.83. The van der Waals surface area contributed by atoms with Crippen molar-refractivity contribution in [3.63, 3.8) is 0 Å². The third-order valence-corrected chi connectivity index (χ3v) is 5.02. The quantitative estimate of drug-likeness (QED) is 0.604. The molecule has 0 aromatic heterocycles. The van der Waals surface area contributed by atoms with Crippen molar-refractivity contribution in [1.82, 2.24) is 0 Å². The number of amides is 2. The lowest BCUT2D eigenvalue weighted by Gasteiger charge is -2.16. The van der Waals surface area contributed by atoms with Gasteiger partial charge in [0, 0.05) is 11.8 Å². The molecule has 3 aromatic rings. The van der Waals surface area contributed by atoms with Gasteiger partial charge in [0.15, 0.2) is 0 Å². The number of methoxy groups -OCH3 is 1. The van der Waals surface area contributed by atoms with E-state index in [1.54, 1.807) is 24.3 Å². The molecule has 31 heavy (non-hydrogen) atoms. The minimum atomic E-state index is -0.489. The lowest BCUT2D eigenvalue weighted by atomic mass is 10.0. The summed E-state index contributed by atoms with van der Waals surface area (Å²) in [5.41, 5.74) is 3.92. The standard InChI is InChI=1S/C25H21FN2O3/c1-15-11-16(2)13-19(12-15)27-23-22(17-7-9-18(26)10-8-17)24(29)28(25(23)30)20-5-4-6-21(14-20)31-3/h4-14,27H,1-3H3. The molecular weight excluding hydrogens is 395 g/mol. The van der Waals surface area contributed by atoms with Gasteiger partial charge in [-0.05, 0) is 66.9 Å². The van der Waals surface area contributed by atoms with E-state index in [0.29, 0.717) is 22.7 Å². The molecule has 0 atom stereocenters. The minimum Gasteiger partial charge on any atom is -0.497 e. The third kappa shape index (κ3) is 3.92. The highest BCUT2D eigenvalue weighted by atomic mass is 19.1. The van der Waals surface area contributed by atoms with E-state index in [-0.39, 0.29) is 11.3 Å². The molecule has 1 N–H and O–H groups in total. The number of hydrogen-bond donors (Lipinski definition) is 1. The first-order chi connectivity index (χ1) is 14.9. The maximum absolute atomic E-state index is 13.5. The Hall–Kier alpha value is -3.93. The molecular formula is C25H21FN2O3. The minimum absolute atomic E-state index is 0.143. The number of carbonyl (C=O) groups is 2. The monoisotopic (exact) mass is 416 g/mol. The van der Waals surface area contributed by atoms with E-state index in [9.17, 15) is 14.0 Å². The van der Waals surface area contributed by atoms with Crippen molar-refractivity contribution in [3.05, 3.63) is 94.9 Å². The van der Waals surface area contributed by atoms with Crippen LogP contribution in [0.2, 0.25) is 0 Å². The summed E-state index contributed by atoms with van der Waals surface area (Å²) >= 11 is 0. The summed E-state index contributed by atoms with van der Waals surface area (Å²) in [5.74, 6) is -0.875. The van der Waals surface area contributed by atoms with Gasteiger partial charge in [0.25, 0.3) is 11.8 Å². The van der Waals surface area contributed by atoms with Crippen LogP contribution in [0.5, 0.6) is 5.75 Å². The summed E-state index contributed by atoms with van der Waals surface area (Å²) in [6, 6.07) is 18.1. The number of aryl methyl sites for hydroxylation is 2. The Morgan fingerprint density at radius 1 is 0.871 bits per heavy atom. The molecule has 0 radical (unpaired) electrons. The van der Waals surface area contributed by atoms with Crippen LogP contribution < -0.4 is 15.0 Å². The summed E-state index contributed by atoms with van der Waals surface area (Å²) in [5, 5.41) is 3.14. The summed E-state index contributed by atoms with van der Waals surface area (Å²) in [7, 11) is 1.52. The number of nitrogens with one attached hydrogen (secondary N) is 1. The fourth-order valence-electron chi connectivity index (χ4n) is 3.71. The third-order valence-electron chi connectivity index (χ3n) is 5.02. The van der Waals surface area contributed by atoms with Crippen LogP contribution in [0.25, 0.3) is 5.57 Å². The molecule has 1 aliphatic rings.